The molecular weight excluding hydrogens is 289 g/mol. The molecule has 1 aliphatic heterocycles. The van der Waals surface area contributed by atoms with Gasteiger partial charge in [-0.2, -0.15) is 5.10 Å². The molecule has 0 saturated carbocycles. The predicted molar refractivity (Wildman–Crippen MR) is 91.9 cm³/mol. The Balaban J connectivity index is 1.81. The van der Waals surface area contributed by atoms with Gasteiger partial charge < -0.3 is 4.90 Å². The van der Waals surface area contributed by atoms with Crippen molar-refractivity contribution in [1.82, 2.24) is 15.1 Å². The summed E-state index contributed by atoms with van der Waals surface area (Å²) in [4.78, 5) is 2.55. The van der Waals surface area contributed by atoms with Crippen LogP contribution in [0.15, 0.2) is 30.5 Å². The second-order valence-corrected chi connectivity index (χ2v) is 7.84. The molecule has 1 fully saturated rings. The molecule has 0 radical (unpaired) electrons. The molecule has 23 heavy (non-hydrogen) atoms. The highest BCUT2D eigenvalue weighted by Crippen LogP contribution is 2.34. The molecule has 0 bridgehead atoms. The van der Waals surface area contributed by atoms with E-state index in [2.05, 4.69) is 35.9 Å². The Morgan fingerprint density at radius 3 is 2.91 bits per heavy atom. The standard InChI is InChI=1S/C19H26FN3/c1-19(2,3)13-23-9-5-7-15(12-23)18-17(11-21-22-18)14-6-4-8-16(20)10-14/h4,6,8,10-11,15H,5,7,9,12-13H2,1-3H3,(H,21,22)/t15-/m0/s1. The van der Waals surface area contributed by atoms with Gasteiger partial charge in [0.2, 0.25) is 0 Å². The van der Waals surface area contributed by atoms with E-state index in [4.69, 9.17) is 0 Å². The van der Waals surface area contributed by atoms with Gasteiger partial charge in [-0.3, -0.25) is 5.10 Å². The molecule has 1 aliphatic rings. The van der Waals surface area contributed by atoms with Crippen LogP contribution in [0.2, 0.25) is 0 Å². The van der Waals surface area contributed by atoms with Crippen molar-refractivity contribution in [2.45, 2.75) is 39.5 Å². The van der Waals surface area contributed by atoms with Crippen LogP contribution in [-0.4, -0.2) is 34.7 Å². The van der Waals surface area contributed by atoms with Crippen molar-refractivity contribution < 1.29 is 4.39 Å². The van der Waals surface area contributed by atoms with Gasteiger partial charge in [0.15, 0.2) is 0 Å². The van der Waals surface area contributed by atoms with E-state index in [1.54, 1.807) is 12.1 Å². The third-order valence-electron chi connectivity index (χ3n) is 4.42. The number of nitrogens with zero attached hydrogens (tertiary/aromatic N) is 2. The minimum absolute atomic E-state index is 0.201. The number of benzene rings is 1. The quantitative estimate of drug-likeness (QED) is 0.908. The van der Waals surface area contributed by atoms with Crippen LogP contribution in [0.3, 0.4) is 0 Å². The zero-order chi connectivity index (χ0) is 16.4. The van der Waals surface area contributed by atoms with Crippen LogP contribution in [0.1, 0.15) is 45.2 Å². The Hall–Kier alpha value is -1.68. The minimum Gasteiger partial charge on any atom is -0.302 e. The number of H-pyrrole nitrogens is 1. The monoisotopic (exact) mass is 315 g/mol. The molecule has 1 N–H and O–H groups in total. The summed E-state index contributed by atoms with van der Waals surface area (Å²) in [6.45, 7) is 10.2. The number of rotatable bonds is 3. The lowest BCUT2D eigenvalue weighted by atomic mass is 9.88. The van der Waals surface area contributed by atoms with Gasteiger partial charge >= 0.3 is 0 Å². The lowest BCUT2D eigenvalue weighted by Crippen LogP contribution is -2.39. The average Bonchev–Trinajstić information content (AvgIpc) is 2.95. The molecule has 0 aliphatic carbocycles. The second-order valence-electron chi connectivity index (χ2n) is 7.84. The fourth-order valence-corrected chi connectivity index (χ4v) is 3.60. The largest absolute Gasteiger partial charge is 0.302 e. The third-order valence-corrected chi connectivity index (χ3v) is 4.42. The summed E-state index contributed by atoms with van der Waals surface area (Å²) in [5, 5.41) is 7.41. The highest BCUT2D eigenvalue weighted by atomic mass is 19.1. The van der Waals surface area contributed by atoms with Crippen LogP contribution in [0.25, 0.3) is 11.1 Å². The van der Waals surface area contributed by atoms with E-state index >= 15 is 0 Å². The highest BCUT2D eigenvalue weighted by molar-refractivity contribution is 5.65. The Bertz CT molecular complexity index is 657. The smallest absolute Gasteiger partial charge is 0.123 e. The van der Waals surface area contributed by atoms with E-state index in [9.17, 15) is 4.39 Å². The first-order valence-electron chi connectivity index (χ1n) is 8.44. The van der Waals surface area contributed by atoms with Crippen LogP contribution in [0.5, 0.6) is 0 Å². The molecule has 0 unspecified atom stereocenters. The summed E-state index contributed by atoms with van der Waals surface area (Å²) in [5.41, 5.74) is 3.39. The van der Waals surface area contributed by atoms with E-state index < -0.39 is 0 Å². The van der Waals surface area contributed by atoms with Crippen molar-refractivity contribution >= 4 is 0 Å². The van der Waals surface area contributed by atoms with Gasteiger partial charge in [-0.05, 0) is 42.5 Å². The maximum Gasteiger partial charge on any atom is 0.123 e. The fourth-order valence-electron chi connectivity index (χ4n) is 3.60. The van der Waals surface area contributed by atoms with Crippen LogP contribution in [0, 0.1) is 11.2 Å². The van der Waals surface area contributed by atoms with Gasteiger partial charge in [-0.15, -0.1) is 0 Å². The van der Waals surface area contributed by atoms with E-state index in [1.165, 1.54) is 12.5 Å². The highest BCUT2D eigenvalue weighted by Gasteiger charge is 2.27. The van der Waals surface area contributed by atoms with Crippen LogP contribution in [-0.2, 0) is 0 Å². The molecule has 1 aromatic carbocycles. The maximum atomic E-state index is 13.5. The number of nitrogens with one attached hydrogen (secondary N) is 1. The average molecular weight is 315 g/mol. The second kappa shape index (κ2) is 6.44. The summed E-state index contributed by atoms with van der Waals surface area (Å²) in [6, 6.07) is 6.78. The first-order valence-corrected chi connectivity index (χ1v) is 8.44. The number of aromatic amines is 1. The summed E-state index contributed by atoms with van der Waals surface area (Å²) in [6.07, 6.45) is 4.18. The van der Waals surface area contributed by atoms with Crippen LogP contribution >= 0.6 is 0 Å². The molecule has 124 valence electrons. The van der Waals surface area contributed by atoms with Crippen LogP contribution < -0.4 is 0 Å². The first kappa shape index (κ1) is 16.2. The van der Waals surface area contributed by atoms with E-state index in [-0.39, 0.29) is 5.82 Å². The normalized spacial score (nSPS) is 19.9. The molecular formula is C19H26FN3. The molecule has 3 rings (SSSR count). The number of likely N-dealkylation sites (tertiary alicyclic amines) is 1. The summed E-state index contributed by atoms with van der Waals surface area (Å²) in [5.74, 6) is 0.236. The number of piperidine rings is 1. The Morgan fingerprint density at radius 1 is 1.35 bits per heavy atom. The first-order chi connectivity index (χ1) is 10.9. The minimum atomic E-state index is -0.201. The molecule has 1 atom stereocenters. The number of aromatic nitrogens is 2. The van der Waals surface area contributed by atoms with Crippen LogP contribution in [0.4, 0.5) is 4.39 Å². The van der Waals surface area contributed by atoms with Crippen molar-refractivity contribution in [2.75, 3.05) is 19.6 Å². The molecule has 0 spiro atoms. The Morgan fingerprint density at radius 2 is 2.17 bits per heavy atom. The van der Waals surface area contributed by atoms with Crippen molar-refractivity contribution in [3.05, 3.63) is 42.0 Å². The summed E-state index contributed by atoms with van der Waals surface area (Å²) in [7, 11) is 0. The van der Waals surface area contributed by atoms with E-state index in [0.717, 1.165) is 42.9 Å². The van der Waals surface area contributed by atoms with Crippen molar-refractivity contribution in [2.24, 2.45) is 5.41 Å². The fraction of sp³-hybridized carbons (Fsp3) is 0.526. The van der Waals surface area contributed by atoms with Crippen molar-refractivity contribution in [3.63, 3.8) is 0 Å². The Labute approximate surface area is 137 Å². The summed E-state index contributed by atoms with van der Waals surface area (Å²) < 4.78 is 13.5. The predicted octanol–water partition coefficient (Wildman–Crippen LogP) is 4.44. The van der Waals surface area contributed by atoms with Gasteiger partial charge in [0.25, 0.3) is 0 Å². The van der Waals surface area contributed by atoms with Crippen molar-refractivity contribution in [3.8, 4) is 11.1 Å². The SMILES string of the molecule is CC(C)(C)CN1CCC[C@H](c2[nH]ncc2-c2cccc(F)c2)C1. The topological polar surface area (TPSA) is 31.9 Å². The van der Waals surface area contributed by atoms with Crippen molar-refractivity contribution in [1.29, 1.82) is 0 Å². The number of hydrogen-bond donors (Lipinski definition) is 1. The zero-order valence-corrected chi connectivity index (χ0v) is 14.3. The molecule has 2 heterocycles. The Kier molecular flexibility index (Phi) is 4.53. The van der Waals surface area contributed by atoms with E-state index in [1.807, 2.05) is 12.3 Å². The molecule has 1 aromatic heterocycles. The third kappa shape index (κ3) is 3.99. The van der Waals surface area contributed by atoms with Gasteiger partial charge in [0, 0.05) is 30.3 Å². The number of hydrogen-bond acceptors (Lipinski definition) is 2. The van der Waals surface area contributed by atoms with Gasteiger partial charge in [-0.1, -0.05) is 32.9 Å². The lowest BCUT2D eigenvalue weighted by Gasteiger charge is -2.36. The molecule has 1 saturated heterocycles. The number of halogens is 1. The van der Waals surface area contributed by atoms with Gasteiger partial charge in [-0.25, -0.2) is 4.39 Å². The molecule has 3 nitrogen and oxygen atoms in total. The van der Waals surface area contributed by atoms with E-state index in [0.29, 0.717) is 11.3 Å². The molecule has 0 amide bonds. The molecule has 4 heteroatoms. The molecule has 2 aromatic rings. The van der Waals surface area contributed by atoms with Gasteiger partial charge in [0.1, 0.15) is 5.82 Å². The summed E-state index contributed by atoms with van der Waals surface area (Å²) >= 11 is 0. The van der Waals surface area contributed by atoms with Gasteiger partial charge in [0.05, 0.1) is 6.20 Å². The maximum absolute atomic E-state index is 13.5. The lowest BCUT2D eigenvalue weighted by molar-refractivity contribution is 0.150. The zero-order valence-electron chi connectivity index (χ0n) is 14.3.